The molecule has 6 nitrogen and oxygen atoms in total. The molecule has 0 atom stereocenters. The number of hydrogen-bond donors (Lipinski definition) is 0. The first-order valence-corrected chi connectivity index (χ1v) is 8.88. The van der Waals surface area contributed by atoms with Crippen molar-refractivity contribution in [2.45, 2.75) is 13.3 Å². The number of halogens is 2. The minimum Gasteiger partial charge on any atom is -0.436 e. The summed E-state index contributed by atoms with van der Waals surface area (Å²) in [4.78, 5) is 32.9. The molecule has 2 aromatic rings. The van der Waals surface area contributed by atoms with E-state index < -0.39 is 5.82 Å². The maximum absolute atomic E-state index is 13.7. The number of nitrogens with zero attached hydrogens (tertiary/aromatic N) is 3. The smallest absolute Gasteiger partial charge is 0.293 e. The van der Waals surface area contributed by atoms with Crippen molar-refractivity contribution in [1.82, 2.24) is 14.9 Å². The van der Waals surface area contributed by atoms with Crippen LogP contribution in [0, 0.1) is 5.82 Å². The molecule has 1 saturated heterocycles. The third-order valence-corrected chi connectivity index (χ3v) is 4.46. The molecule has 0 saturated carbocycles. The van der Waals surface area contributed by atoms with Crippen LogP contribution < -0.4 is 4.74 Å². The predicted octanol–water partition coefficient (Wildman–Crippen LogP) is 4.51. The lowest BCUT2D eigenvalue weighted by atomic mass is 10.2. The van der Waals surface area contributed by atoms with Gasteiger partial charge < -0.3 is 4.74 Å². The molecule has 1 aromatic heterocycles. The standard InChI is InChI=1S/C17H13ClFN3O3S/c1-2-6-22-15(23)13(26-17(22)24)8-10-4-3-5-11(7-10)25-14-12(19)9-20-16(18)21-14/h3-5,7-9H,2,6H2,1H3/b13-8+. The highest BCUT2D eigenvalue weighted by Crippen LogP contribution is 2.33. The largest absolute Gasteiger partial charge is 0.436 e. The highest BCUT2D eigenvalue weighted by atomic mass is 35.5. The first-order valence-electron chi connectivity index (χ1n) is 7.69. The number of imide groups is 1. The summed E-state index contributed by atoms with van der Waals surface area (Å²) >= 11 is 6.53. The number of aromatic nitrogens is 2. The van der Waals surface area contributed by atoms with Crippen LogP contribution in [-0.4, -0.2) is 32.6 Å². The van der Waals surface area contributed by atoms with Crippen LogP contribution in [0.1, 0.15) is 18.9 Å². The molecule has 1 fully saturated rings. The van der Waals surface area contributed by atoms with E-state index in [4.69, 9.17) is 16.3 Å². The van der Waals surface area contributed by atoms with Crippen molar-refractivity contribution in [2.75, 3.05) is 6.54 Å². The number of ether oxygens (including phenoxy) is 1. The number of carbonyl (C=O) groups excluding carboxylic acids is 2. The van der Waals surface area contributed by atoms with E-state index in [0.717, 1.165) is 18.0 Å². The van der Waals surface area contributed by atoms with Crippen LogP contribution in [0.5, 0.6) is 11.6 Å². The van der Waals surface area contributed by atoms with Crippen LogP contribution in [0.3, 0.4) is 0 Å². The second kappa shape index (κ2) is 7.84. The molecule has 0 bridgehead atoms. The molecule has 1 aliphatic heterocycles. The van der Waals surface area contributed by atoms with Gasteiger partial charge in [0.15, 0.2) is 0 Å². The predicted molar refractivity (Wildman–Crippen MR) is 96.5 cm³/mol. The van der Waals surface area contributed by atoms with Crippen molar-refractivity contribution in [3.05, 3.63) is 52.0 Å². The number of amides is 2. The molecule has 2 heterocycles. The fourth-order valence-corrected chi connectivity index (χ4v) is 3.24. The van der Waals surface area contributed by atoms with Crippen LogP contribution in [0.4, 0.5) is 9.18 Å². The molecule has 0 radical (unpaired) electrons. The van der Waals surface area contributed by atoms with Gasteiger partial charge in [0, 0.05) is 6.54 Å². The molecule has 9 heteroatoms. The summed E-state index contributed by atoms with van der Waals surface area (Å²) in [5.74, 6) is -1.06. The minimum absolute atomic E-state index is 0.137. The molecule has 3 rings (SSSR count). The summed E-state index contributed by atoms with van der Waals surface area (Å²) < 4.78 is 19.1. The van der Waals surface area contributed by atoms with Gasteiger partial charge in [0.05, 0.1) is 11.1 Å². The molecule has 0 unspecified atom stereocenters. The summed E-state index contributed by atoms with van der Waals surface area (Å²) in [6.07, 6.45) is 3.21. The zero-order valence-electron chi connectivity index (χ0n) is 13.6. The third kappa shape index (κ3) is 4.03. The molecule has 1 aromatic carbocycles. The Morgan fingerprint density at radius 2 is 2.19 bits per heavy atom. The van der Waals surface area contributed by atoms with Gasteiger partial charge in [-0.25, -0.2) is 4.98 Å². The summed E-state index contributed by atoms with van der Waals surface area (Å²) in [6.45, 7) is 2.28. The monoisotopic (exact) mass is 393 g/mol. The first-order chi connectivity index (χ1) is 12.5. The Labute approximate surface area is 158 Å². The van der Waals surface area contributed by atoms with Crippen LogP contribution in [0.15, 0.2) is 35.4 Å². The second-order valence-corrected chi connectivity index (χ2v) is 6.63. The Morgan fingerprint density at radius 3 is 2.96 bits per heavy atom. The van der Waals surface area contributed by atoms with E-state index in [1.165, 1.54) is 4.90 Å². The maximum atomic E-state index is 13.7. The van der Waals surface area contributed by atoms with Gasteiger partial charge in [0.2, 0.25) is 11.1 Å². The topological polar surface area (TPSA) is 72.4 Å². The van der Waals surface area contributed by atoms with E-state index in [2.05, 4.69) is 9.97 Å². The first kappa shape index (κ1) is 18.3. The summed E-state index contributed by atoms with van der Waals surface area (Å²) in [7, 11) is 0. The van der Waals surface area contributed by atoms with Gasteiger partial charge in [0.1, 0.15) is 5.75 Å². The van der Waals surface area contributed by atoms with E-state index in [1.54, 1.807) is 30.3 Å². The molecular formula is C17H13ClFN3O3S. The summed E-state index contributed by atoms with van der Waals surface area (Å²) in [6, 6.07) is 6.63. The number of benzene rings is 1. The fourth-order valence-electron chi connectivity index (χ4n) is 2.25. The molecule has 0 spiro atoms. The summed E-state index contributed by atoms with van der Waals surface area (Å²) in [5, 5.41) is -0.421. The lowest BCUT2D eigenvalue weighted by molar-refractivity contribution is -0.122. The summed E-state index contributed by atoms with van der Waals surface area (Å²) in [5.41, 5.74) is 0.630. The van der Waals surface area contributed by atoms with Crippen LogP contribution in [0.2, 0.25) is 5.28 Å². The van der Waals surface area contributed by atoms with E-state index in [1.807, 2.05) is 6.92 Å². The number of hydrogen-bond acceptors (Lipinski definition) is 6. The Hall–Kier alpha value is -2.45. The fraction of sp³-hybridized carbons (Fsp3) is 0.176. The Kier molecular flexibility index (Phi) is 5.53. The molecule has 134 valence electrons. The Balaban J connectivity index is 1.83. The molecule has 0 N–H and O–H groups in total. The van der Waals surface area contributed by atoms with Gasteiger partial charge in [-0.05, 0) is 53.6 Å². The van der Waals surface area contributed by atoms with Gasteiger partial charge in [-0.1, -0.05) is 19.1 Å². The van der Waals surface area contributed by atoms with Gasteiger partial charge >= 0.3 is 0 Å². The minimum atomic E-state index is -0.750. The quantitative estimate of drug-likeness (QED) is 0.549. The van der Waals surface area contributed by atoms with Crippen molar-refractivity contribution in [2.24, 2.45) is 0 Å². The lowest BCUT2D eigenvalue weighted by Gasteiger charge is -2.09. The molecule has 2 amide bonds. The van der Waals surface area contributed by atoms with Crippen LogP contribution >= 0.6 is 23.4 Å². The van der Waals surface area contributed by atoms with Gasteiger partial charge in [-0.2, -0.15) is 9.37 Å². The Bertz CT molecular complexity index is 907. The van der Waals surface area contributed by atoms with Crippen LogP contribution in [0.25, 0.3) is 6.08 Å². The third-order valence-electron chi connectivity index (χ3n) is 3.37. The number of rotatable bonds is 5. The molecule has 0 aliphatic carbocycles. The van der Waals surface area contributed by atoms with E-state index in [9.17, 15) is 14.0 Å². The van der Waals surface area contributed by atoms with Gasteiger partial charge in [-0.15, -0.1) is 0 Å². The zero-order chi connectivity index (χ0) is 18.7. The van der Waals surface area contributed by atoms with Crippen molar-refractivity contribution < 1.29 is 18.7 Å². The Morgan fingerprint density at radius 1 is 1.38 bits per heavy atom. The van der Waals surface area contributed by atoms with Crippen molar-refractivity contribution in [3.8, 4) is 11.6 Å². The molecule has 1 aliphatic rings. The highest BCUT2D eigenvalue weighted by Gasteiger charge is 2.34. The van der Waals surface area contributed by atoms with Crippen molar-refractivity contribution in [1.29, 1.82) is 0 Å². The van der Waals surface area contributed by atoms with Crippen molar-refractivity contribution in [3.63, 3.8) is 0 Å². The molecule has 26 heavy (non-hydrogen) atoms. The van der Waals surface area contributed by atoms with Gasteiger partial charge in [0.25, 0.3) is 17.0 Å². The van der Waals surface area contributed by atoms with E-state index in [-0.39, 0.29) is 22.3 Å². The average Bonchev–Trinajstić information content (AvgIpc) is 2.86. The normalized spacial score (nSPS) is 15.8. The van der Waals surface area contributed by atoms with Crippen molar-refractivity contribution >= 4 is 40.6 Å². The maximum Gasteiger partial charge on any atom is 0.293 e. The molecular weight excluding hydrogens is 381 g/mol. The van der Waals surface area contributed by atoms with E-state index >= 15 is 0 Å². The number of thioether (sulfide) groups is 1. The SMILES string of the molecule is CCCN1C(=O)S/C(=C/c2cccc(Oc3nc(Cl)ncc3F)c2)C1=O. The van der Waals surface area contributed by atoms with Crippen LogP contribution in [-0.2, 0) is 4.79 Å². The number of carbonyl (C=O) groups is 2. The zero-order valence-corrected chi connectivity index (χ0v) is 15.2. The highest BCUT2D eigenvalue weighted by molar-refractivity contribution is 8.18. The lowest BCUT2D eigenvalue weighted by Crippen LogP contribution is -2.28. The van der Waals surface area contributed by atoms with Gasteiger partial charge in [-0.3, -0.25) is 14.5 Å². The second-order valence-electron chi connectivity index (χ2n) is 5.30. The average molecular weight is 394 g/mol. The van der Waals surface area contributed by atoms with E-state index in [0.29, 0.717) is 29.2 Å².